The standard InChI is InChI=1S/C12H13N3O3/c1-8(12(17)18)14-11(16)7-15-10-5-3-2-4-9(10)6-13-15/h2-6,8H,7H2,1H3,(H,14,16)(H,17,18). The van der Waals surface area contributed by atoms with E-state index in [0.29, 0.717) is 0 Å². The third kappa shape index (κ3) is 2.48. The number of hydrogen-bond donors (Lipinski definition) is 2. The summed E-state index contributed by atoms with van der Waals surface area (Å²) in [6.07, 6.45) is 1.67. The maximum absolute atomic E-state index is 11.6. The predicted octanol–water partition coefficient (Wildman–Crippen LogP) is 0.626. The molecule has 0 saturated heterocycles. The molecule has 1 atom stereocenters. The van der Waals surface area contributed by atoms with Gasteiger partial charge in [-0.1, -0.05) is 18.2 Å². The summed E-state index contributed by atoms with van der Waals surface area (Å²) < 4.78 is 1.54. The van der Waals surface area contributed by atoms with Gasteiger partial charge >= 0.3 is 5.97 Å². The lowest BCUT2D eigenvalue weighted by atomic mass is 10.2. The number of nitrogens with zero attached hydrogens (tertiary/aromatic N) is 2. The fourth-order valence-corrected chi connectivity index (χ4v) is 1.64. The quantitative estimate of drug-likeness (QED) is 0.829. The predicted molar refractivity (Wildman–Crippen MR) is 65.0 cm³/mol. The lowest BCUT2D eigenvalue weighted by molar-refractivity contribution is -0.141. The summed E-state index contributed by atoms with van der Waals surface area (Å²) >= 11 is 0. The maximum atomic E-state index is 11.6. The van der Waals surface area contributed by atoms with Crippen LogP contribution in [0.3, 0.4) is 0 Å². The van der Waals surface area contributed by atoms with Gasteiger partial charge in [0.05, 0.1) is 11.7 Å². The Balaban J connectivity index is 2.10. The first-order valence-corrected chi connectivity index (χ1v) is 5.50. The highest BCUT2D eigenvalue weighted by atomic mass is 16.4. The van der Waals surface area contributed by atoms with Crippen LogP contribution in [0.1, 0.15) is 6.92 Å². The van der Waals surface area contributed by atoms with Crippen LogP contribution in [0.25, 0.3) is 10.9 Å². The molecular weight excluding hydrogens is 234 g/mol. The monoisotopic (exact) mass is 247 g/mol. The molecule has 0 aliphatic heterocycles. The molecule has 0 radical (unpaired) electrons. The molecular formula is C12H13N3O3. The van der Waals surface area contributed by atoms with E-state index in [9.17, 15) is 9.59 Å². The zero-order chi connectivity index (χ0) is 13.1. The summed E-state index contributed by atoms with van der Waals surface area (Å²) in [5.41, 5.74) is 0.843. The van der Waals surface area contributed by atoms with E-state index >= 15 is 0 Å². The molecule has 0 aliphatic rings. The van der Waals surface area contributed by atoms with Crippen LogP contribution < -0.4 is 5.32 Å². The van der Waals surface area contributed by atoms with Crippen molar-refractivity contribution < 1.29 is 14.7 Å². The molecule has 1 amide bonds. The van der Waals surface area contributed by atoms with E-state index in [2.05, 4.69) is 10.4 Å². The molecule has 94 valence electrons. The van der Waals surface area contributed by atoms with Gasteiger partial charge in [0, 0.05) is 5.39 Å². The first kappa shape index (κ1) is 12.1. The number of amides is 1. The Kier molecular flexibility index (Phi) is 3.27. The number of carboxylic acid groups (broad SMARTS) is 1. The SMILES string of the molecule is CC(NC(=O)Cn1ncc2ccccc21)C(=O)O. The van der Waals surface area contributed by atoms with Crippen LogP contribution in [0.2, 0.25) is 0 Å². The second-order valence-corrected chi connectivity index (χ2v) is 3.99. The van der Waals surface area contributed by atoms with Crippen LogP contribution in [0.4, 0.5) is 0 Å². The average Bonchev–Trinajstić information content (AvgIpc) is 2.72. The van der Waals surface area contributed by atoms with Gasteiger partial charge in [0.15, 0.2) is 0 Å². The summed E-state index contributed by atoms with van der Waals surface area (Å²) in [6, 6.07) is 6.60. The Morgan fingerprint density at radius 3 is 2.89 bits per heavy atom. The number of nitrogens with one attached hydrogen (secondary N) is 1. The van der Waals surface area contributed by atoms with E-state index in [1.54, 1.807) is 10.9 Å². The molecule has 0 spiro atoms. The normalized spacial score (nSPS) is 12.3. The van der Waals surface area contributed by atoms with Gasteiger partial charge in [-0.3, -0.25) is 14.3 Å². The number of carbonyl (C=O) groups is 2. The van der Waals surface area contributed by atoms with E-state index in [1.807, 2.05) is 24.3 Å². The van der Waals surface area contributed by atoms with Crippen molar-refractivity contribution in [1.29, 1.82) is 0 Å². The highest BCUT2D eigenvalue weighted by molar-refractivity contribution is 5.85. The largest absolute Gasteiger partial charge is 0.480 e. The van der Waals surface area contributed by atoms with Gasteiger partial charge in [-0.25, -0.2) is 0 Å². The summed E-state index contributed by atoms with van der Waals surface area (Å²) in [5, 5.41) is 16.1. The van der Waals surface area contributed by atoms with Gasteiger partial charge < -0.3 is 10.4 Å². The number of benzene rings is 1. The topological polar surface area (TPSA) is 84.2 Å². The van der Waals surface area contributed by atoms with E-state index in [1.165, 1.54) is 6.92 Å². The molecule has 0 bridgehead atoms. The van der Waals surface area contributed by atoms with Crippen LogP contribution in [-0.4, -0.2) is 32.8 Å². The van der Waals surface area contributed by atoms with Crippen LogP contribution in [-0.2, 0) is 16.1 Å². The number of aromatic nitrogens is 2. The fourth-order valence-electron chi connectivity index (χ4n) is 1.64. The van der Waals surface area contributed by atoms with Crippen LogP contribution in [0.15, 0.2) is 30.5 Å². The molecule has 2 N–H and O–H groups in total. The summed E-state index contributed by atoms with van der Waals surface area (Å²) in [5.74, 6) is -1.44. The van der Waals surface area contributed by atoms with Crippen LogP contribution >= 0.6 is 0 Å². The van der Waals surface area contributed by atoms with Gasteiger partial charge in [-0.05, 0) is 13.0 Å². The molecule has 1 aromatic carbocycles. The van der Waals surface area contributed by atoms with Crippen molar-refractivity contribution in [3.05, 3.63) is 30.5 Å². The van der Waals surface area contributed by atoms with E-state index in [4.69, 9.17) is 5.11 Å². The summed E-state index contributed by atoms with van der Waals surface area (Å²) in [6.45, 7) is 1.42. The molecule has 1 heterocycles. The number of carboxylic acids is 1. The molecule has 2 rings (SSSR count). The number of hydrogen-bond acceptors (Lipinski definition) is 3. The molecule has 0 aliphatic carbocycles. The van der Waals surface area contributed by atoms with Crippen LogP contribution in [0.5, 0.6) is 0 Å². The molecule has 18 heavy (non-hydrogen) atoms. The minimum atomic E-state index is -1.06. The molecule has 1 unspecified atom stereocenters. The number of aliphatic carboxylic acids is 1. The lowest BCUT2D eigenvalue weighted by Crippen LogP contribution is -2.40. The second kappa shape index (κ2) is 4.87. The van der Waals surface area contributed by atoms with Crippen molar-refractivity contribution >= 4 is 22.8 Å². The average molecular weight is 247 g/mol. The molecule has 2 aromatic rings. The third-order valence-corrected chi connectivity index (χ3v) is 2.59. The van der Waals surface area contributed by atoms with E-state index < -0.39 is 12.0 Å². The first-order chi connectivity index (χ1) is 8.58. The van der Waals surface area contributed by atoms with Crippen molar-refractivity contribution in [2.24, 2.45) is 0 Å². The zero-order valence-electron chi connectivity index (χ0n) is 9.83. The summed E-state index contributed by atoms with van der Waals surface area (Å²) in [7, 11) is 0. The van der Waals surface area contributed by atoms with Gasteiger partial charge in [-0.2, -0.15) is 5.10 Å². The van der Waals surface area contributed by atoms with Crippen LogP contribution in [0, 0.1) is 0 Å². The van der Waals surface area contributed by atoms with Crippen molar-refractivity contribution in [2.75, 3.05) is 0 Å². The number of fused-ring (bicyclic) bond motifs is 1. The van der Waals surface area contributed by atoms with E-state index in [-0.39, 0.29) is 12.5 Å². The Morgan fingerprint density at radius 1 is 1.44 bits per heavy atom. The Morgan fingerprint density at radius 2 is 2.17 bits per heavy atom. The van der Waals surface area contributed by atoms with Gasteiger partial charge in [-0.15, -0.1) is 0 Å². The third-order valence-electron chi connectivity index (χ3n) is 2.59. The zero-order valence-corrected chi connectivity index (χ0v) is 9.83. The minimum absolute atomic E-state index is 0.00509. The number of para-hydroxylation sites is 1. The second-order valence-electron chi connectivity index (χ2n) is 3.99. The van der Waals surface area contributed by atoms with Gasteiger partial charge in [0.1, 0.15) is 12.6 Å². The molecule has 0 fully saturated rings. The molecule has 6 nitrogen and oxygen atoms in total. The lowest BCUT2D eigenvalue weighted by Gasteiger charge is -2.09. The first-order valence-electron chi connectivity index (χ1n) is 5.50. The van der Waals surface area contributed by atoms with Crippen molar-refractivity contribution in [1.82, 2.24) is 15.1 Å². The number of carbonyl (C=O) groups excluding carboxylic acids is 1. The maximum Gasteiger partial charge on any atom is 0.325 e. The Labute approximate surface area is 103 Å². The molecule has 6 heteroatoms. The fraction of sp³-hybridized carbons (Fsp3) is 0.250. The van der Waals surface area contributed by atoms with Gasteiger partial charge in [0.25, 0.3) is 0 Å². The van der Waals surface area contributed by atoms with Crippen molar-refractivity contribution in [3.8, 4) is 0 Å². The minimum Gasteiger partial charge on any atom is -0.480 e. The molecule has 0 saturated carbocycles. The Hall–Kier alpha value is -2.37. The smallest absolute Gasteiger partial charge is 0.325 e. The van der Waals surface area contributed by atoms with Gasteiger partial charge in [0.2, 0.25) is 5.91 Å². The summed E-state index contributed by atoms with van der Waals surface area (Å²) in [4.78, 5) is 22.2. The van der Waals surface area contributed by atoms with Crippen molar-refractivity contribution in [2.45, 2.75) is 19.5 Å². The van der Waals surface area contributed by atoms with E-state index in [0.717, 1.165) is 10.9 Å². The highest BCUT2D eigenvalue weighted by Gasteiger charge is 2.14. The Bertz CT molecular complexity index is 591. The molecule has 1 aromatic heterocycles. The highest BCUT2D eigenvalue weighted by Crippen LogP contribution is 2.12. The number of rotatable bonds is 4. The van der Waals surface area contributed by atoms with Crippen molar-refractivity contribution in [3.63, 3.8) is 0 Å².